The monoisotopic (exact) mass is 277 g/mol. The summed E-state index contributed by atoms with van der Waals surface area (Å²) in [5.41, 5.74) is 8.98. The summed E-state index contributed by atoms with van der Waals surface area (Å²) >= 11 is 0. The molecule has 1 aromatic carbocycles. The van der Waals surface area contributed by atoms with Gasteiger partial charge in [-0.2, -0.15) is 0 Å². The predicted molar refractivity (Wildman–Crippen MR) is 82.4 cm³/mol. The summed E-state index contributed by atoms with van der Waals surface area (Å²) in [6.07, 6.45) is 7.25. The lowest BCUT2D eigenvalue weighted by atomic mass is 10.0. The average molecular weight is 277 g/mol. The number of nitrogens with two attached hydrogens (primary N) is 1. The van der Waals surface area contributed by atoms with Crippen molar-refractivity contribution in [2.45, 2.75) is 6.54 Å². The average Bonchev–Trinajstić information content (AvgIpc) is 2.53. The van der Waals surface area contributed by atoms with E-state index in [9.17, 15) is 4.79 Å². The summed E-state index contributed by atoms with van der Waals surface area (Å²) in [6.45, 7) is 0.619. The van der Waals surface area contributed by atoms with E-state index in [-0.39, 0.29) is 0 Å². The quantitative estimate of drug-likeness (QED) is 0.876. The Morgan fingerprint density at radius 1 is 1.19 bits per heavy atom. The molecule has 2 aromatic rings. The first-order valence-corrected chi connectivity index (χ1v) is 6.69. The molecule has 4 nitrogen and oxygen atoms in total. The highest BCUT2D eigenvalue weighted by Gasteiger charge is 2.17. The van der Waals surface area contributed by atoms with Gasteiger partial charge in [-0.3, -0.25) is 9.78 Å². The Balaban J connectivity index is 1.94. The fourth-order valence-electron chi connectivity index (χ4n) is 2.31. The van der Waals surface area contributed by atoms with Gasteiger partial charge in [0, 0.05) is 18.9 Å². The van der Waals surface area contributed by atoms with Crippen LogP contribution in [0.3, 0.4) is 0 Å². The van der Waals surface area contributed by atoms with Gasteiger partial charge in [-0.1, -0.05) is 30.3 Å². The van der Waals surface area contributed by atoms with E-state index in [2.05, 4.69) is 11.1 Å². The van der Waals surface area contributed by atoms with E-state index in [1.54, 1.807) is 12.3 Å². The van der Waals surface area contributed by atoms with Gasteiger partial charge in [0.1, 0.15) is 5.70 Å². The van der Waals surface area contributed by atoms with Crippen LogP contribution in [0.15, 0.2) is 60.6 Å². The van der Waals surface area contributed by atoms with Gasteiger partial charge in [0.25, 0.3) is 5.91 Å². The van der Waals surface area contributed by atoms with Crippen LogP contribution in [0.1, 0.15) is 16.8 Å². The molecule has 0 aliphatic carbocycles. The summed E-state index contributed by atoms with van der Waals surface area (Å²) < 4.78 is 0. The van der Waals surface area contributed by atoms with Crippen LogP contribution in [0, 0.1) is 0 Å². The van der Waals surface area contributed by atoms with E-state index in [4.69, 9.17) is 5.73 Å². The summed E-state index contributed by atoms with van der Waals surface area (Å²) in [6, 6.07) is 13.6. The summed E-state index contributed by atoms with van der Waals surface area (Å²) in [5, 5.41) is 0. The number of primary amides is 1. The maximum Gasteiger partial charge on any atom is 0.265 e. The van der Waals surface area contributed by atoms with Gasteiger partial charge in [-0.25, -0.2) is 0 Å². The third-order valence-electron chi connectivity index (χ3n) is 3.36. The number of hydrogen-bond donors (Lipinski definition) is 1. The van der Waals surface area contributed by atoms with Crippen molar-refractivity contribution in [3.05, 3.63) is 77.4 Å². The van der Waals surface area contributed by atoms with E-state index in [1.807, 2.05) is 53.6 Å². The molecular weight excluding hydrogens is 262 g/mol. The summed E-state index contributed by atoms with van der Waals surface area (Å²) in [5.74, 6) is -0.468. The van der Waals surface area contributed by atoms with E-state index < -0.39 is 5.91 Å². The number of amides is 1. The smallest absolute Gasteiger partial charge is 0.265 e. The lowest BCUT2D eigenvalue weighted by Gasteiger charge is -2.26. The van der Waals surface area contributed by atoms with Crippen molar-refractivity contribution in [1.29, 1.82) is 0 Å². The second kappa shape index (κ2) is 5.63. The Hall–Kier alpha value is -2.88. The number of fused-ring (bicyclic) bond motifs is 1. The molecular formula is C17H15N3O. The number of carbonyl (C=O) groups excluding carboxylic acids is 1. The van der Waals surface area contributed by atoms with Gasteiger partial charge in [0.15, 0.2) is 0 Å². The van der Waals surface area contributed by atoms with Crippen molar-refractivity contribution < 1.29 is 4.79 Å². The molecule has 0 bridgehead atoms. The molecule has 2 heterocycles. The molecule has 4 heteroatoms. The van der Waals surface area contributed by atoms with Crippen LogP contribution in [0.4, 0.5) is 0 Å². The molecule has 104 valence electrons. The van der Waals surface area contributed by atoms with Crippen LogP contribution >= 0.6 is 0 Å². The Morgan fingerprint density at radius 3 is 2.76 bits per heavy atom. The number of carbonyl (C=O) groups is 1. The van der Waals surface area contributed by atoms with Crippen LogP contribution in [0.25, 0.3) is 12.2 Å². The molecule has 0 radical (unpaired) electrons. The Labute approximate surface area is 123 Å². The van der Waals surface area contributed by atoms with Gasteiger partial charge in [-0.15, -0.1) is 0 Å². The molecule has 1 aliphatic heterocycles. The summed E-state index contributed by atoms with van der Waals surface area (Å²) in [7, 11) is 0. The summed E-state index contributed by atoms with van der Waals surface area (Å²) in [4.78, 5) is 17.8. The Morgan fingerprint density at radius 2 is 2.00 bits per heavy atom. The number of hydrogen-bond acceptors (Lipinski definition) is 3. The number of rotatable bonds is 3. The predicted octanol–water partition coefficient (Wildman–Crippen LogP) is 2.39. The minimum atomic E-state index is -0.468. The number of aromatic nitrogens is 1. The largest absolute Gasteiger partial charge is 0.364 e. The van der Waals surface area contributed by atoms with Gasteiger partial charge >= 0.3 is 0 Å². The van der Waals surface area contributed by atoms with Crippen molar-refractivity contribution in [2.24, 2.45) is 5.73 Å². The molecule has 1 amide bonds. The Kier molecular flexibility index (Phi) is 3.51. The van der Waals surface area contributed by atoms with E-state index in [1.165, 1.54) is 0 Å². The zero-order chi connectivity index (χ0) is 14.7. The van der Waals surface area contributed by atoms with Crippen molar-refractivity contribution in [3.63, 3.8) is 0 Å². The van der Waals surface area contributed by atoms with Crippen molar-refractivity contribution in [3.8, 4) is 0 Å². The van der Waals surface area contributed by atoms with Crippen molar-refractivity contribution >= 4 is 18.1 Å². The van der Waals surface area contributed by atoms with Crippen LogP contribution < -0.4 is 5.73 Å². The molecule has 0 saturated carbocycles. The minimum absolute atomic E-state index is 0.430. The zero-order valence-corrected chi connectivity index (χ0v) is 11.4. The molecule has 0 fully saturated rings. The first kappa shape index (κ1) is 13.1. The van der Waals surface area contributed by atoms with Gasteiger partial charge in [0.2, 0.25) is 0 Å². The lowest BCUT2D eigenvalue weighted by molar-refractivity contribution is -0.115. The van der Waals surface area contributed by atoms with Crippen LogP contribution in [0.2, 0.25) is 0 Å². The maximum atomic E-state index is 11.8. The van der Waals surface area contributed by atoms with Gasteiger partial charge in [-0.05, 0) is 35.4 Å². The van der Waals surface area contributed by atoms with E-state index in [0.717, 1.165) is 11.1 Å². The second-order valence-corrected chi connectivity index (χ2v) is 4.79. The highest BCUT2D eigenvalue weighted by molar-refractivity contribution is 5.96. The third kappa shape index (κ3) is 2.84. The van der Waals surface area contributed by atoms with Crippen LogP contribution in [-0.4, -0.2) is 15.8 Å². The topological polar surface area (TPSA) is 59.2 Å². The fraction of sp³-hybridized carbons (Fsp3) is 0.0588. The molecule has 1 aromatic heterocycles. The van der Waals surface area contributed by atoms with Crippen molar-refractivity contribution in [1.82, 2.24) is 9.88 Å². The number of pyridine rings is 1. The first-order valence-electron chi connectivity index (χ1n) is 6.69. The third-order valence-corrected chi connectivity index (χ3v) is 3.36. The maximum absolute atomic E-state index is 11.8. The number of nitrogens with zero attached hydrogens (tertiary/aromatic N) is 2. The molecule has 0 spiro atoms. The highest BCUT2D eigenvalue weighted by Crippen LogP contribution is 2.23. The standard InChI is InChI=1S/C17H15N3O/c18-17(21)16(11-15-7-3-4-9-19-15)20-10-8-13-5-1-2-6-14(13)12-20/h1-11H,12H2,(H2,18,21)/b16-11+. The lowest BCUT2D eigenvalue weighted by Crippen LogP contribution is -2.28. The SMILES string of the molecule is NC(=O)/C(=C\c1ccccn1)N1C=Cc2ccccc2C1. The van der Waals surface area contributed by atoms with Crippen molar-refractivity contribution in [2.75, 3.05) is 0 Å². The minimum Gasteiger partial charge on any atom is -0.364 e. The fourth-order valence-corrected chi connectivity index (χ4v) is 2.31. The second-order valence-electron chi connectivity index (χ2n) is 4.79. The van der Waals surface area contributed by atoms with Crippen LogP contribution in [0.5, 0.6) is 0 Å². The molecule has 0 atom stereocenters. The molecule has 2 N–H and O–H groups in total. The van der Waals surface area contributed by atoms with Gasteiger partial charge < -0.3 is 10.6 Å². The molecule has 21 heavy (non-hydrogen) atoms. The Bertz CT molecular complexity index is 720. The number of benzene rings is 1. The first-order chi connectivity index (χ1) is 10.2. The van der Waals surface area contributed by atoms with E-state index >= 15 is 0 Å². The van der Waals surface area contributed by atoms with Crippen LogP contribution in [-0.2, 0) is 11.3 Å². The van der Waals surface area contributed by atoms with Gasteiger partial charge in [0.05, 0.1) is 5.69 Å². The van der Waals surface area contributed by atoms with E-state index in [0.29, 0.717) is 17.9 Å². The molecule has 0 unspecified atom stereocenters. The highest BCUT2D eigenvalue weighted by atomic mass is 16.1. The molecule has 3 rings (SSSR count). The molecule has 1 aliphatic rings. The zero-order valence-electron chi connectivity index (χ0n) is 11.4. The molecule has 0 saturated heterocycles. The normalized spacial score (nSPS) is 13.9.